The van der Waals surface area contributed by atoms with Crippen molar-refractivity contribution < 1.29 is 0 Å². The molecule has 0 N–H and O–H groups in total. The lowest BCUT2D eigenvalue weighted by Gasteiger charge is -2.15. The van der Waals surface area contributed by atoms with Crippen LogP contribution in [0.1, 0.15) is 0 Å². The highest BCUT2D eigenvalue weighted by Crippen LogP contribution is 2.40. The highest BCUT2D eigenvalue weighted by molar-refractivity contribution is 6.19. The number of para-hydroxylation sites is 2. The summed E-state index contributed by atoms with van der Waals surface area (Å²) in [6.45, 7) is 0. The Morgan fingerprint density at radius 1 is 0.309 bits per heavy atom. The van der Waals surface area contributed by atoms with Crippen LogP contribution in [0.3, 0.4) is 0 Å². The van der Waals surface area contributed by atoms with Crippen LogP contribution in [0.15, 0.2) is 200 Å². The predicted octanol–water partition coefficient (Wildman–Crippen LogP) is 13.7. The number of hydrogen-bond donors (Lipinski definition) is 0. The van der Waals surface area contributed by atoms with E-state index in [2.05, 4.69) is 199 Å². The minimum absolute atomic E-state index is 0.719. The average molecular weight is 700 g/mol. The van der Waals surface area contributed by atoms with Gasteiger partial charge in [0.1, 0.15) is 0 Å². The Morgan fingerprint density at radius 2 is 0.873 bits per heavy atom. The first-order chi connectivity index (χ1) is 27.3. The summed E-state index contributed by atoms with van der Waals surface area (Å²) in [5, 5.41) is 9.60. The third-order valence-corrected chi connectivity index (χ3v) is 11.0. The van der Waals surface area contributed by atoms with Crippen molar-refractivity contribution in [1.82, 2.24) is 14.5 Å². The molecule has 0 aliphatic rings. The molecule has 2 heterocycles. The fraction of sp³-hybridized carbons (Fsp3) is 0. The first kappa shape index (κ1) is 31.2. The van der Waals surface area contributed by atoms with Gasteiger partial charge in [0.25, 0.3) is 0 Å². The van der Waals surface area contributed by atoms with Crippen molar-refractivity contribution in [2.24, 2.45) is 0 Å². The van der Waals surface area contributed by atoms with Crippen LogP contribution in [0.25, 0.3) is 105 Å². The van der Waals surface area contributed by atoms with E-state index in [0.717, 1.165) is 55.9 Å². The molecule has 0 aliphatic heterocycles. The second-order valence-electron chi connectivity index (χ2n) is 14.2. The minimum Gasteiger partial charge on any atom is -0.309 e. The third-order valence-electron chi connectivity index (χ3n) is 11.0. The number of nitrogens with zero attached hydrogens (tertiary/aromatic N) is 3. The molecule has 55 heavy (non-hydrogen) atoms. The SMILES string of the molecule is c1ccc(-c2cc(-c3ccc(-c4ccc5c6ccccc6n(-c6ccccc6)c5c4)cc3)nc(-c3c4ccccc4cc4c3ccc3ccccc34)n2)cc1. The lowest BCUT2D eigenvalue weighted by atomic mass is 9.92. The van der Waals surface area contributed by atoms with Crippen LogP contribution in [-0.4, -0.2) is 14.5 Å². The van der Waals surface area contributed by atoms with E-state index in [0.29, 0.717) is 0 Å². The standard InChI is InChI=1S/C52H33N3/c1-3-14-36(15-4-1)47-33-48(54-52(53-47)51-42-20-10-8-16-39(42)31-46-41-19-9-7-13-35(41)27-30-45(46)51)37-25-23-34(24-26-37)38-28-29-44-43-21-11-12-22-49(43)55(50(44)32-38)40-17-5-2-6-18-40/h1-33H. The Kier molecular flexibility index (Phi) is 7.17. The molecule has 0 unspecified atom stereocenters. The van der Waals surface area contributed by atoms with Crippen LogP contribution in [0.2, 0.25) is 0 Å². The smallest absolute Gasteiger partial charge is 0.161 e. The summed E-state index contributed by atoms with van der Waals surface area (Å²) < 4.78 is 2.37. The first-order valence-electron chi connectivity index (χ1n) is 18.7. The molecule has 9 aromatic carbocycles. The van der Waals surface area contributed by atoms with Crippen molar-refractivity contribution in [3.8, 4) is 50.7 Å². The maximum absolute atomic E-state index is 5.38. The van der Waals surface area contributed by atoms with Gasteiger partial charge >= 0.3 is 0 Å². The molecule has 2 aromatic heterocycles. The van der Waals surface area contributed by atoms with Gasteiger partial charge < -0.3 is 4.57 Å². The fourth-order valence-electron chi connectivity index (χ4n) is 8.36. The van der Waals surface area contributed by atoms with Gasteiger partial charge in [-0.3, -0.25) is 0 Å². The van der Waals surface area contributed by atoms with Gasteiger partial charge in [0.2, 0.25) is 0 Å². The van der Waals surface area contributed by atoms with E-state index in [-0.39, 0.29) is 0 Å². The number of aromatic nitrogens is 3. The van der Waals surface area contributed by atoms with Crippen molar-refractivity contribution in [3.05, 3.63) is 200 Å². The molecule has 11 aromatic rings. The molecule has 0 aliphatic carbocycles. The predicted molar refractivity (Wildman–Crippen MR) is 231 cm³/mol. The Hall–Kier alpha value is -7.36. The molecule has 0 spiro atoms. The number of benzene rings is 9. The van der Waals surface area contributed by atoms with E-state index < -0.39 is 0 Å². The lowest BCUT2D eigenvalue weighted by Crippen LogP contribution is -1.98. The minimum atomic E-state index is 0.719. The topological polar surface area (TPSA) is 30.7 Å². The largest absolute Gasteiger partial charge is 0.309 e. The Morgan fingerprint density at radius 3 is 1.65 bits per heavy atom. The monoisotopic (exact) mass is 699 g/mol. The maximum Gasteiger partial charge on any atom is 0.161 e. The van der Waals surface area contributed by atoms with Gasteiger partial charge in [-0.25, -0.2) is 9.97 Å². The van der Waals surface area contributed by atoms with Crippen molar-refractivity contribution in [3.63, 3.8) is 0 Å². The molecule has 0 saturated carbocycles. The third kappa shape index (κ3) is 5.20. The molecular weight excluding hydrogens is 667 g/mol. The summed E-state index contributed by atoms with van der Waals surface area (Å²) in [7, 11) is 0. The van der Waals surface area contributed by atoms with Crippen LogP contribution in [0.5, 0.6) is 0 Å². The van der Waals surface area contributed by atoms with E-state index in [1.54, 1.807) is 0 Å². The fourth-order valence-corrected chi connectivity index (χ4v) is 8.36. The first-order valence-corrected chi connectivity index (χ1v) is 18.7. The summed E-state index contributed by atoms with van der Waals surface area (Å²) in [5.41, 5.74) is 10.8. The number of fused-ring (bicyclic) bond motifs is 7. The second-order valence-corrected chi connectivity index (χ2v) is 14.2. The zero-order valence-electron chi connectivity index (χ0n) is 29.9. The Bertz CT molecular complexity index is 3230. The zero-order chi connectivity index (χ0) is 36.3. The van der Waals surface area contributed by atoms with E-state index in [1.807, 2.05) is 6.07 Å². The lowest BCUT2D eigenvalue weighted by molar-refractivity contribution is 1.18. The van der Waals surface area contributed by atoms with Crippen molar-refractivity contribution in [1.29, 1.82) is 0 Å². The molecule has 0 saturated heterocycles. The average Bonchev–Trinajstić information content (AvgIpc) is 3.59. The summed E-state index contributed by atoms with van der Waals surface area (Å²) >= 11 is 0. The summed E-state index contributed by atoms with van der Waals surface area (Å²) in [6, 6.07) is 71.5. The van der Waals surface area contributed by atoms with Gasteiger partial charge in [0, 0.05) is 33.2 Å². The highest BCUT2D eigenvalue weighted by Gasteiger charge is 2.18. The van der Waals surface area contributed by atoms with Crippen molar-refractivity contribution in [2.45, 2.75) is 0 Å². The van der Waals surface area contributed by atoms with Gasteiger partial charge in [0.05, 0.1) is 22.4 Å². The summed E-state index contributed by atoms with van der Waals surface area (Å²) in [4.78, 5) is 10.7. The molecule has 3 nitrogen and oxygen atoms in total. The molecular formula is C52H33N3. The van der Waals surface area contributed by atoms with Crippen LogP contribution in [0, 0.1) is 0 Å². The van der Waals surface area contributed by atoms with Gasteiger partial charge in [-0.1, -0.05) is 164 Å². The molecule has 0 atom stereocenters. The maximum atomic E-state index is 5.38. The number of hydrogen-bond acceptors (Lipinski definition) is 2. The Balaban J connectivity index is 1.08. The Labute approximate surface area is 318 Å². The van der Waals surface area contributed by atoms with Crippen LogP contribution in [0.4, 0.5) is 0 Å². The van der Waals surface area contributed by atoms with Crippen LogP contribution in [-0.2, 0) is 0 Å². The van der Waals surface area contributed by atoms with E-state index in [4.69, 9.17) is 9.97 Å². The zero-order valence-corrected chi connectivity index (χ0v) is 29.9. The van der Waals surface area contributed by atoms with E-state index >= 15 is 0 Å². The van der Waals surface area contributed by atoms with Gasteiger partial charge in [-0.15, -0.1) is 0 Å². The van der Waals surface area contributed by atoms with Gasteiger partial charge in [-0.05, 0) is 79.8 Å². The molecule has 11 rings (SSSR count). The van der Waals surface area contributed by atoms with Crippen molar-refractivity contribution in [2.75, 3.05) is 0 Å². The van der Waals surface area contributed by atoms with Crippen LogP contribution < -0.4 is 0 Å². The van der Waals surface area contributed by atoms with Gasteiger partial charge in [0.15, 0.2) is 5.82 Å². The normalized spacial score (nSPS) is 11.6. The molecule has 0 bridgehead atoms. The van der Waals surface area contributed by atoms with Crippen molar-refractivity contribution >= 4 is 54.1 Å². The number of rotatable bonds is 5. The van der Waals surface area contributed by atoms with E-state index in [1.165, 1.54) is 48.9 Å². The molecule has 256 valence electrons. The van der Waals surface area contributed by atoms with Crippen LogP contribution >= 0.6 is 0 Å². The quantitative estimate of drug-likeness (QED) is 0.132. The summed E-state index contributed by atoms with van der Waals surface area (Å²) in [6.07, 6.45) is 0. The molecule has 0 fully saturated rings. The summed E-state index contributed by atoms with van der Waals surface area (Å²) in [5.74, 6) is 0.719. The van der Waals surface area contributed by atoms with E-state index in [9.17, 15) is 0 Å². The highest BCUT2D eigenvalue weighted by atomic mass is 15.0. The molecule has 0 amide bonds. The molecule has 3 heteroatoms. The molecule has 0 radical (unpaired) electrons. The second kappa shape index (κ2) is 12.6. The van der Waals surface area contributed by atoms with Gasteiger partial charge in [-0.2, -0.15) is 0 Å².